The van der Waals surface area contributed by atoms with E-state index in [2.05, 4.69) is 20.0 Å². The summed E-state index contributed by atoms with van der Waals surface area (Å²) >= 11 is 5.68. The minimum Gasteiger partial charge on any atom is -0.462 e. The minimum absolute atomic E-state index is 0.178. The number of ether oxygens (including phenoxy) is 2. The topological polar surface area (TPSA) is 196 Å². The number of halogens is 2. The molecule has 6 unspecified atom stereocenters. The van der Waals surface area contributed by atoms with Gasteiger partial charge in [-0.05, 0) is 55.5 Å². The van der Waals surface area contributed by atoms with Crippen LogP contribution in [0.1, 0.15) is 27.0 Å². The van der Waals surface area contributed by atoms with Crippen LogP contribution in [-0.2, 0) is 30.6 Å². The third kappa shape index (κ3) is 6.56. The van der Waals surface area contributed by atoms with Crippen molar-refractivity contribution in [3.63, 3.8) is 0 Å². The molecule has 3 heterocycles. The van der Waals surface area contributed by atoms with Crippen LogP contribution in [0.25, 0.3) is 21.9 Å². The molecule has 0 amide bonds. The van der Waals surface area contributed by atoms with Crippen LogP contribution in [0, 0.1) is 0 Å². The van der Waals surface area contributed by atoms with Crippen LogP contribution in [0.3, 0.4) is 0 Å². The first-order valence-corrected chi connectivity index (χ1v) is 16.3. The predicted molar refractivity (Wildman–Crippen MR) is 162 cm³/mol. The summed E-state index contributed by atoms with van der Waals surface area (Å²) in [6.07, 6.45) is -8.74. The first-order valence-electron chi connectivity index (χ1n) is 13.7. The fraction of sp³-hybridized carbons (Fsp3) is 0.407. The number of hydrogen-bond donors (Lipinski definition) is 5. The Balaban J connectivity index is 1.46. The quantitative estimate of drug-likeness (QED) is 0.116. The van der Waals surface area contributed by atoms with Gasteiger partial charge in [0.05, 0.1) is 19.0 Å². The SMILES string of the molecule is CC(C)OC(=O)C(C)NP(=S)(OCC1(C(F)F)OC(n2cnc3c(=O)[nH]c(N)nc32)C(O)C1O)Oc1ccc2ccccc2c1. The zero-order chi connectivity index (χ0) is 32.7. The Morgan fingerprint density at radius 3 is 2.64 bits per heavy atom. The molecule has 6 N–H and O–H groups in total. The largest absolute Gasteiger partial charge is 0.462 e. The minimum atomic E-state index is -3.90. The fourth-order valence-corrected chi connectivity index (χ4v) is 7.20. The molecule has 1 aliphatic heterocycles. The molecule has 0 radical (unpaired) electrons. The number of aliphatic hydroxyl groups excluding tert-OH is 2. The lowest BCUT2D eigenvalue weighted by atomic mass is 9.96. The Kier molecular flexibility index (Phi) is 9.24. The standard InChI is InChI=1S/C27H31F2N6O8PS/c1-13(2)41-24(39)14(3)34-44(45,43-17-9-8-15-6-4-5-7-16(15)10-17)40-11-27(25(28)29)20(37)19(36)23(42-27)35-12-31-18-21(35)32-26(30)33-22(18)38/h4-10,12-14,19-20,23,25,36-37H,11H2,1-3H3,(H,34,45)(H3,30,32,33,38). The van der Waals surface area contributed by atoms with Crippen molar-refractivity contribution in [3.8, 4) is 5.75 Å². The lowest BCUT2D eigenvalue weighted by Gasteiger charge is -2.34. The number of carbonyl (C=O) groups is 1. The van der Waals surface area contributed by atoms with E-state index in [1.165, 1.54) is 6.92 Å². The van der Waals surface area contributed by atoms with Gasteiger partial charge in [-0.2, -0.15) is 4.98 Å². The molecule has 1 fully saturated rings. The molecule has 45 heavy (non-hydrogen) atoms. The van der Waals surface area contributed by atoms with Crippen LogP contribution in [0.5, 0.6) is 5.75 Å². The molecule has 2 aromatic carbocycles. The molecule has 18 heteroatoms. The van der Waals surface area contributed by atoms with Crippen LogP contribution in [0.15, 0.2) is 53.6 Å². The van der Waals surface area contributed by atoms with Gasteiger partial charge in [0, 0.05) is 0 Å². The average Bonchev–Trinajstić information content (AvgIpc) is 3.50. The monoisotopic (exact) mass is 668 g/mol. The summed E-state index contributed by atoms with van der Waals surface area (Å²) in [5.74, 6) is -0.784. The van der Waals surface area contributed by atoms with Crippen LogP contribution >= 0.6 is 6.64 Å². The van der Waals surface area contributed by atoms with E-state index in [0.717, 1.165) is 21.7 Å². The molecule has 1 saturated heterocycles. The Bertz CT molecular complexity index is 1820. The first kappa shape index (κ1) is 32.8. The lowest BCUT2D eigenvalue weighted by molar-refractivity contribution is -0.191. The van der Waals surface area contributed by atoms with Crippen molar-refractivity contribution >= 4 is 52.3 Å². The summed E-state index contributed by atoms with van der Waals surface area (Å²) in [6, 6.07) is 11.3. The van der Waals surface area contributed by atoms with Gasteiger partial charge in [0.15, 0.2) is 23.0 Å². The van der Waals surface area contributed by atoms with Gasteiger partial charge in [-0.3, -0.25) is 19.1 Å². The number of benzene rings is 2. The van der Waals surface area contributed by atoms with Crippen LogP contribution in [0.2, 0.25) is 0 Å². The van der Waals surface area contributed by atoms with E-state index in [-0.39, 0.29) is 22.9 Å². The summed E-state index contributed by atoms with van der Waals surface area (Å²) in [5.41, 5.74) is 1.68. The number of alkyl halides is 2. The zero-order valence-corrected chi connectivity index (χ0v) is 25.9. The molecule has 0 bridgehead atoms. The van der Waals surface area contributed by atoms with Crippen molar-refractivity contribution in [1.82, 2.24) is 24.6 Å². The van der Waals surface area contributed by atoms with Gasteiger partial charge in [-0.25, -0.2) is 18.9 Å². The summed E-state index contributed by atoms with van der Waals surface area (Å²) in [6.45, 7) is -0.253. The number of fused-ring (bicyclic) bond motifs is 2. The fourth-order valence-electron chi connectivity index (χ4n) is 4.79. The third-order valence-corrected chi connectivity index (χ3v) is 9.49. The van der Waals surface area contributed by atoms with Crippen molar-refractivity contribution < 1.29 is 42.3 Å². The summed E-state index contributed by atoms with van der Waals surface area (Å²) in [4.78, 5) is 35.0. The number of hydrogen-bond acceptors (Lipinski definition) is 12. The van der Waals surface area contributed by atoms with E-state index in [1.807, 2.05) is 24.3 Å². The maximum atomic E-state index is 14.8. The molecule has 242 valence electrons. The first-order chi connectivity index (χ1) is 21.2. The number of nitrogens with two attached hydrogens (primary N) is 1. The lowest BCUT2D eigenvalue weighted by Crippen LogP contribution is -2.53. The van der Waals surface area contributed by atoms with Crippen molar-refractivity contribution in [2.75, 3.05) is 12.3 Å². The molecule has 4 aromatic rings. The van der Waals surface area contributed by atoms with Crippen molar-refractivity contribution in [2.24, 2.45) is 0 Å². The highest BCUT2D eigenvalue weighted by atomic mass is 32.5. The van der Waals surface area contributed by atoms with E-state index >= 15 is 0 Å². The molecule has 1 aliphatic rings. The maximum absolute atomic E-state index is 14.8. The normalized spacial score (nSPS) is 23.9. The van der Waals surface area contributed by atoms with Crippen molar-refractivity contribution in [3.05, 3.63) is 59.1 Å². The molecule has 0 aliphatic carbocycles. The number of aromatic amines is 1. The molecule has 14 nitrogen and oxygen atoms in total. The number of carbonyl (C=O) groups excluding carboxylic acids is 1. The van der Waals surface area contributed by atoms with Gasteiger partial charge in [-0.1, -0.05) is 30.3 Å². The second-order valence-electron chi connectivity index (χ2n) is 10.7. The van der Waals surface area contributed by atoms with Gasteiger partial charge in [0.25, 0.3) is 12.0 Å². The Labute approximate surface area is 259 Å². The van der Waals surface area contributed by atoms with Crippen LogP contribution < -0.4 is 20.9 Å². The Hall–Kier alpha value is -3.57. The third-order valence-electron chi connectivity index (χ3n) is 7.01. The predicted octanol–water partition coefficient (Wildman–Crippen LogP) is 2.36. The van der Waals surface area contributed by atoms with E-state index < -0.39 is 67.4 Å². The number of esters is 1. The highest BCUT2D eigenvalue weighted by Gasteiger charge is 2.61. The number of nitrogens with zero attached hydrogens (tertiary/aromatic N) is 3. The number of imidazole rings is 1. The second-order valence-corrected chi connectivity index (χ2v) is 13.8. The second kappa shape index (κ2) is 12.7. The number of anilines is 1. The Morgan fingerprint density at radius 2 is 1.96 bits per heavy atom. The van der Waals surface area contributed by atoms with E-state index in [4.69, 9.17) is 36.1 Å². The number of rotatable bonds is 11. The van der Waals surface area contributed by atoms with Gasteiger partial charge >= 0.3 is 12.6 Å². The smallest absolute Gasteiger partial charge is 0.323 e. The van der Waals surface area contributed by atoms with Crippen LogP contribution in [0.4, 0.5) is 14.7 Å². The molecule has 5 rings (SSSR count). The highest BCUT2D eigenvalue weighted by Crippen LogP contribution is 2.50. The molecule has 6 atom stereocenters. The maximum Gasteiger partial charge on any atom is 0.323 e. The summed E-state index contributed by atoms with van der Waals surface area (Å²) in [7, 11) is 0. The molecule has 0 saturated carbocycles. The van der Waals surface area contributed by atoms with Crippen LogP contribution in [-0.4, -0.2) is 78.7 Å². The zero-order valence-electron chi connectivity index (χ0n) is 24.2. The van der Waals surface area contributed by atoms with Gasteiger partial charge in [0.2, 0.25) is 5.95 Å². The van der Waals surface area contributed by atoms with Crippen molar-refractivity contribution in [2.45, 2.75) is 63.4 Å². The number of aromatic nitrogens is 4. The number of nitrogens with one attached hydrogen (secondary N) is 2. The number of aliphatic hydroxyl groups is 2. The Morgan fingerprint density at radius 1 is 1.24 bits per heavy atom. The van der Waals surface area contributed by atoms with Gasteiger partial charge < -0.3 is 34.5 Å². The summed E-state index contributed by atoms with van der Waals surface area (Å²) < 4.78 is 53.4. The molecular weight excluding hydrogens is 637 g/mol. The van der Waals surface area contributed by atoms with E-state index in [1.54, 1.807) is 32.0 Å². The van der Waals surface area contributed by atoms with E-state index in [9.17, 15) is 28.6 Å². The van der Waals surface area contributed by atoms with Gasteiger partial charge in [-0.15, -0.1) is 0 Å². The highest BCUT2D eigenvalue weighted by molar-refractivity contribution is 8.09. The summed E-state index contributed by atoms with van der Waals surface area (Å²) in [5, 5.41) is 26.3. The molecule has 0 spiro atoms. The van der Waals surface area contributed by atoms with E-state index in [0.29, 0.717) is 0 Å². The molecule has 2 aromatic heterocycles. The number of nitrogen functional groups attached to an aromatic ring is 1. The van der Waals surface area contributed by atoms with Crippen molar-refractivity contribution in [1.29, 1.82) is 0 Å². The average molecular weight is 669 g/mol. The number of H-pyrrole nitrogens is 1. The van der Waals surface area contributed by atoms with Gasteiger partial charge in [0.1, 0.15) is 24.0 Å². The molecular formula is C27H31F2N6O8PS.